The Kier molecular flexibility index (Phi) is 3.14. The van der Waals surface area contributed by atoms with Gasteiger partial charge in [-0.05, 0) is 24.8 Å². The monoisotopic (exact) mass is 286 g/mol. The summed E-state index contributed by atoms with van der Waals surface area (Å²) in [5.74, 6) is 0.869. The molecular formula is C14H14N4OS. The number of thiazole rings is 1. The fraction of sp³-hybridized carbons (Fsp3) is 0.429. The van der Waals surface area contributed by atoms with Gasteiger partial charge >= 0.3 is 0 Å². The van der Waals surface area contributed by atoms with Crippen molar-refractivity contribution in [2.75, 3.05) is 0 Å². The van der Waals surface area contributed by atoms with E-state index in [-0.39, 0.29) is 5.60 Å². The number of hydrogen-bond acceptors (Lipinski definition) is 6. The zero-order valence-corrected chi connectivity index (χ0v) is 12.1. The van der Waals surface area contributed by atoms with Crippen molar-refractivity contribution in [1.82, 2.24) is 15.2 Å². The van der Waals surface area contributed by atoms with Gasteiger partial charge in [-0.1, -0.05) is 13.8 Å². The van der Waals surface area contributed by atoms with Crippen molar-refractivity contribution in [2.45, 2.75) is 38.2 Å². The first-order valence-corrected chi connectivity index (χ1v) is 7.40. The average molecular weight is 286 g/mol. The maximum absolute atomic E-state index is 8.70. The predicted octanol–water partition coefficient (Wildman–Crippen LogP) is 3.00. The van der Waals surface area contributed by atoms with E-state index in [1.54, 1.807) is 23.5 Å². The second-order valence-electron chi connectivity index (χ2n) is 5.20. The van der Waals surface area contributed by atoms with E-state index in [4.69, 9.17) is 10.00 Å². The number of rotatable bonds is 4. The minimum Gasteiger partial charge on any atom is -0.463 e. The smallest absolute Gasteiger partial charge is 0.234 e. The zero-order chi connectivity index (χ0) is 14.2. The molecule has 0 radical (unpaired) electrons. The first kappa shape index (κ1) is 13.0. The summed E-state index contributed by atoms with van der Waals surface area (Å²) in [7, 11) is 0. The SMILES string of the molecule is CC(C)c1csc(C2(Oc3ccc(C#N)nn3)CC2)n1. The normalized spacial score (nSPS) is 15.9. The van der Waals surface area contributed by atoms with Gasteiger partial charge in [0.1, 0.15) is 11.1 Å². The number of nitriles is 1. The summed E-state index contributed by atoms with van der Waals surface area (Å²) in [6.07, 6.45) is 1.89. The first-order chi connectivity index (χ1) is 9.63. The average Bonchev–Trinajstić information content (AvgIpc) is 3.04. The van der Waals surface area contributed by atoms with Gasteiger partial charge in [0.15, 0.2) is 11.3 Å². The predicted molar refractivity (Wildman–Crippen MR) is 74.5 cm³/mol. The van der Waals surface area contributed by atoms with E-state index in [0.29, 0.717) is 17.5 Å². The Morgan fingerprint density at radius 3 is 2.65 bits per heavy atom. The van der Waals surface area contributed by atoms with Crippen LogP contribution in [-0.4, -0.2) is 15.2 Å². The summed E-state index contributed by atoms with van der Waals surface area (Å²) in [6, 6.07) is 5.23. The van der Waals surface area contributed by atoms with Gasteiger partial charge in [0, 0.05) is 11.4 Å². The molecule has 6 heteroatoms. The molecule has 5 nitrogen and oxygen atoms in total. The Labute approximate surface area is 121 Å². The summed E-state index contributed by atoms with van der Waals surface area (Å²) in [4.78, 5) is 4.67. The van der Waals surface area contributed by atoms with Gasteiger partial charge < -0.3 is 4.74 Å². The molecule has 0 aliphatic heterocycles. The molecule has 2 aromatic heterocycles. The topological polar surface area (TPSA) is 71.7 Å². The molecule has 20 heavy (non-hydrogen) atoms. The highest BCUT2D eigenvalue weighted by molar-refractivity contribution is 7.09. The van der Waals surface area contributed by atoms with E-state index >= 15 is 0 Å². The summed E-state index contributed by atoms with van der Waals surface area (Å²) in [6.45, 7) is 4.26. The number of ether oxygens (including phenoxy) is 1. The van der Waals surface area contributed by atoms with Crippen LogP contribution >= 0.6 is 11.3 Å². The molecule has 2 aromatic rings. The molecule has 0 spiro atoms. The third-order valence-corrected chi connectivity index (χ3v) is 4.31. The molecular weight excluding hydrogens is 272 g/mol. The Bertz CT molecular complexity index is 653. The molecule has 0 amide bonds. The van der Waals surface area contributed by atoms with E-state index in [1.165, 1.54) is 0 Å². The highest BCUT2D eigenvalue weighted by Gasteiger charge is 2.50. The van der Waals surface area contributed by atoms with Gasteiger partial charge in [-0.25, -0.2) is 4.98 Å². The molecule has 0 unspecified atom stereocenters. The minimum atomic E-state index is -0.333. The minimum absolute atomic E-state index is 0.290. The molecule has 3 rings (SSSR count). The standard InChI is InChI=1S/C14H14N4OS/c1-9(2)11-8-20-13(16-11)14(5-6-14)19-12-4-3-10(7-15)17-18-12/h3-4,8-9H,5-6H2,1-2H3. The van der Waals surface area contributed by atoms with Gasteiger partial charge in [0.05, 0.1) is 5.69 Å². The fourth-order valence-corrected chi connectivity index (χ4v) is 3.04. The molecule has 0 N–H and O–H groups in total. The molecule has 0 bridgehead atoms. The van der Waals surface area contributed by atoms with Crippen molar-refractivity contribution in [3.8, 4) is 11.9 Å². The van der Waals surface area contributed by atoms with Crippen LogP contribution in [0.2, 0.25) is 0 Å². The van der Waals surface area contributed by atoms with Crippen molar-refractivity contribution in [1.29, 1.82) is 5.26 Å². The second kappa shape index (κ2) is 4.84. The van der Waals surface area contributed by atoms with Crippen LogP contribution in [0.1, 0.15) is 49.0 Å². The van der Waals surface area contributed by atoms with E-state index in [9.17, 15) is 0 Å². The van der Waals surface area contributed by atoms with Crippen LogP contribution in [0.25, 0.3) is 0 Å². The molecule has 102 valence electrons. The quantitative estimate of drug-likeness (QED) is 0.864. The summed E-state index contributed by atoms with van der Waals surface area (Å²) < 4.78 is 5.96. The highest BCUT2D eigenvalue weighted by Crippen LogP contribution is 2.50. The lowest BCUT2D eigenvalue weighted by Crippen LogP contribution is -2.16. The molecule has 1 aliphatic rings. The van der Waals surface area contributed by atoms with Crippen LogP contribution < -0.4 is 4.74 Å². The summed E-state index contributed by atoms with van der Waals surface area (Å²) in [5, 5.41) is 19.5. The van der Waals surface area contributed by atoms with Gasteiger partial charge in [-0.2, -0.15) is 5.26 Å². The molecule has 1 aliphatic carbocycles. The molecule has 1 fully saturated rings. The van der Waals surface area contributed by atoms with Crippen molar-refractivity contribution in [3.05, 3.63) is 33.9 Å². The van der Waals surface area contributed by atoms with Crippen molar-refractivity contribution in [3.63, 3.8) is 0 Å². The third kappa shape index (κ3) is 2.37. The lowest BCUT2D eigenvalue weighted by Gasteiger charge is -2.14. The van der Waals surface area contributed by atoms with Gasteiger partial charge in [0.2, 0.25) is 5.88 Å². The zero-order valence-electron chi connectivity index (χ0n) is 11.3. The maximum Gasteiger partial charge on any atom is 0.234 e. The fourth-order valence-electron chi connectivity index (χ4n) is 1.87. The van der Waals surface area contributed by atoms with Crippen LogP contribution in [0.4, 0.5) is 0 Å². The van der Waals surface area contributed by atoms with Gasteiger partial charge in [-0.15, -0.1) is 21.5 Å². The van der Waals surface area contributed by atoms with Crippen molar-refractivity contribution >= 4 is 11.3 Å². The van der Waals surface area contributed by atoms with Crippen molar-refractivity contribution in [2.24, 2.45) is 0 Å². The number of aromatic nitrogens is 3. The van der Waals surface area contributed by atoms with Gasteiger partial charge in [-0.3, -0.25) is 0 Å². The van der Waals surface area contributed by atoms with E-state index in [1.807, 2.05) is 6.07 Å². The second-order valence-corrected chi connectivity index (χ2v) is 6.06. The summed E-state index contributed by atoms with van der Waals surface area (Å²) >= 11 is 1.64. The maximum atomic E-state index is 8.70. The van der Waals surface area contributed by atoms with E-state index in [2.05, 4.69) is 34.4 Å². The Morgan fingerprint density at radius 1 is 1.35 bits per heavy atom. The van der Waals surface area contributed by atoms with Crippen LogP contribution in [-0.2, 0) is 5.60 Å². The first-order valence-electron chi connectivity index (χ1n) is 6.52. The van der Waals surface area contributed by atoms with Crippen LogP contribution in [0.3, 0.4) is 0 Å². The van der Waals surface area contributed by atoms with Crippen LogP contribution in [0.5, 0.6) is 5.88 Å². The number of nitrogens with zero attached hydrogens (tertiary/aromatic N) is 4. The Hall–Kier alpha value is -2.00. The van der Waals surface area contributed by atoms with Crippen LogP contribution in [0.15, 0.2) is 17.5 Å². The Morgan fingerprint density at radius 2 is 2.15 bits per heavy atom. The lowest BCUT2D eigenvalue weighted by molar-refractivity contribution is 0.170. The van der Waals surface area contributed by atoms with Gasteiger partial charge in [0.25, 0.3) is 0 Å². The van der Waals surface area contributed by atoms with E-state index < -0.39 is 0 Å². The molecule has 0 aromatic carbocycles. The number of hydrogen-bond donors (Lipinski definition) is 0. The summed E-state index contributed by atoms with van der Waals surface area (Å²) in [5.41, 5.74) is 1.06. The Balaban J connectivity index is 1.80. The highest BCUT2D eigenvalue weighted by atomic mass is 32.1. The lowest BCUT2D eigenvalue weighted by atomic mass is 10.2. The largest absolute Gasteiger partial charge is 0.463 e. The molecule has 0 atom stereocenters. The molecule has 1 saturated carbocycles. The third-order valence-electron chi connectivity index (χ3n) is 3.26. The van der Waals surface area contributed by atoms with Crippen LogP contribution in [0, 0.1) is 11.3 Å². The molecule has 2 heterocycles. The van der Waals surface area contributed by atoms with Crippen molar-refractivity contribution < 1.29 is 4.74 Å². The van der Waals surface area contributed by atoms with E-state index in [0.717, 1.165) is 23.5 Å². The molecule has 0 saturated heterocycles.